The second-order valence-corrected chi connectivity index (χ2v) is 9.60. The van der Waals surface area contributed by atoms with Crippen molar-refractivity contribution in [3.63, 3.8) is 0 Å². The number of alkyl halides is 2. The number of amides is 3. The van der Waals surface area contributed by atoms with E-state index in [1.807, 2.05) is 6.07 Å². The van der Waals surface area contributed by atoms with E-state index >= 15 is 0 Å². The van der Waals surface area contributed by atoms with Crippen molar-refractivity contribution in [1.29, 1.82) is 5.26 Å². The van der Waals surface area contributed by atoms with Gasteiger partial charge < -0.3 is 20.6 Å². The third-order valence-electron chi connectivity index (χ3n) is 7.35. The van der Waals surface area contributed by atoms with Gasteiger partial charge in [0.1, 0.15) is 12.1 Å². The Balaban J connectivity index is 1.60. The fraction of sp³-hybridized carbons (Fsp3) is 0.583. The van der Waals surface area contributed by atoms with Crippen LogP contribution in [0.15, 0.2) is 30.3 Å². The van der Waals surface area contributed by atoms with Crippen LogP contribution in [0.1, 0.15) is 44.6 Å². The number of halogens is 2. The Bertz CT molecular complexity index is 1010. The smallest absolute Gasteiger partial charge is 0.259 e. The molecule has 3 aliphatic heterocycles. The number of fused-ring (bicyclic) bond motifs is 3. The van der Waals surface area contributed by atoms with Gasteiger partial charge in [0.05, 0.1) is 12.0 Å². The lowest BCUT2D eigenvalue weighted by molar-refractivity contribution is -0.203. The van der Waals surface area contributed by atoms with Gasteiger partial charge in [-0.1, -0.05) is 30.3 Å². The number of carbonyl (C=O) groups excluding carboxylic acids is 3. The molecule has 1 aromatic carbocycles. The molecule has 3 N–H and O–H groups in total. The third-order valence-corrected chi connectivity index (χ3v) is 7.35. The van der Waals surface area contributed by atoms with Crippen LogP contribution in [0.4, 0.5) is 8.78 Å². The minimum absolute atomic E-state index is 0.0509. The Morgan fingerprint density at radius 2 is 2.03 bits per heavy atom. The van der Waals surface area contributed by atoms with Crippen LogP contribution >= 0.6 is 0 Å². The molecule has 2 bridgehead atoms. The molecule has 1 aliphatic carbocycles. The largest absolute Gasteiger partial charge is 0.376 e. The maximum Gasteiger partial charge on any atom is 0.259 e. The number of piperidine rings is 2. The van der Waals surface area contributed by atoms with Crippen molar-refractivity contribution in [3.8, 4) is 6.07 Å². The van der Waals surface area contributed by atoms with Gasteiger partial charge in [0.2, 0.25) is 11.8 Å². The molecule has 0 aromatic heterocycles. The van der Waals surface area contributed by atoms with Crippen molar-refractivity contribution in [3.05, 3.63) is 35.9 Å². The lowest BCUT2D eigenvalue weighted by Gasteiger charge is -2.54. The van der Waals surface area contributed by atoms with Crippen LogP contribution in [0.2, 0.25) is 0 Å². The fourth-order valence-electron chi connectivity index (χ4n) is 5.49. The summed E-state index contributed by atoms with van der Waals surface area (Å²) in [7, 11) is 0. The van der Waals surface area contributed by atoms with Crippen LogP contribution in [0.3, 0.4) is 0 Å². The van der Waals surface area contributed by atoms with Gasteiger partial charge in [-0.3, -0.25) is 14.4 Å². The summed E-state index contributed by atoms with van der Waals surface area (Å²) < 4.78 is 29.7. The summed E-state index contributed by atoms with van der Waals surface area (Å²) in [6.45, 7) is 1.77. The van der Waals surface area contributed by atoms with E-state index < -0.39 is 59.7 Å². The van der Waals surface area contributed by atoms with E-state index in [9.17, 15) is 33.5 Å². The summed E-state index contributed by atoms with van der Waals surface area (Å²) in [5.41, 5.74) is -1.74. The van der Waals surface area contributed by atoms with Gasteiger partial charge in [-0.25, -0.2) is 8.78 Å². The molecule has 5 rings (SSSR count). The average Bonchev–Trinajstić information content (AvgIpc) is 3.21. The molecule has 3 amide bonds. The SMILES string of the molecule is C[C@](O)(C(=O)N1[C@@H]2CC[C@H]([C@@H]1C(=O)N[C@@H](C#N)C[C@@H]1CCNC1=O)C(F)(F)C2)c1ccccc1. The number of aliphatic hydroxyl groups is 1. The van der Waals surface area contributed by atoms with Crippen LogP contribution in [-0.4, -0.2) is 58.3 Å². The maximum atomic E-state index is 14.9. The average molecular weight is 475 g/mol. The second-order valence-electron chi connectivity index (χ2n) is 9.60. The van der Waals surface area contributed by atoms with Crippen LogP contribution in [-0.2, 0) is 20.0 Å². The predicted octanol–water partition coefficient (Wildman–Crippen LogP) is 1.44. The molecular weight excluding hydrogens is 446 g/mol. The van der Waals surface area contributed by atoms with Crippen molar-refractivity contribution < 1.29 is 28.3 Å². The molecule has 6 atom stereocenters. The Morgan fingerprint density at radius 3 is 2.62 bits per heavy atom. The van der Waals surface area contributed by atoms with Gasteiger partial charge in [-0.2, -0.15) is 5.26 Å². The molecule has 8 nitrogen and oxygen atoms in total. The highest BCUT2D eigenvalue weighted by atomic mass is 19.3. The molecule has 10 heteroatoms. The van der Waals surface area contributed by atoms with Crippen molar-refractivity contribution in [2.75, 3.05) is 6.54 Å². The first-order valence-corrected chi connectivity index (χ1v) is 11.5. The van der Waals surface area contributed by atoms with Crippen molar-refractivity contribution in [2.45, 2.75) is 68.7 Å². The number of carbonyl (C=O) groups is 3. The summed E-state index contributed by atoms with van der Waals surface area (Å²) in [6, 6.07) is 6.55. The summed E-state index contributed by atoms with van der Waals surface area (Å²) in [5, 5.41) is 25.8. The topological polar surface area (TPSA) is 123 Å². The van der Waals surface area contributed by atoms with Gasteiger partial charge >= 0.3 is 0 Å². The first-order chi connectivity index (χ1) is 16.1. The van der Waals surface area contributed by atoms with Crippen LogP contribution in [0, 0.1) is 23.2 Å². The van der Waals surface area contributed by atoms with Crippen LogP contribution < -0.4 is 10.6 Å². The number of nitrogens with zero attached hydrogens (tertiary/aromatic N) is 2. The van der Waals surface area contributed by atoms with E-state index in [0.717, 1.165) is 4.90 Å². The molecule has 0 spiro atoms. The zero-order valence-corrected chi connectivity index (χ0v) is 18.8. The Kier molecular flexibility index (Phi) is 6.34. The maximum absolute atomic E-state index is 14.9. The van der Waals surface area contributed by atoms with E-state index in [4.69, 9.17) is 0 Å². The van der Waals surface area contributed by atoms with E-state index in [-0.39, 0.29) is 24.3 Å². The van der Waals surface area contributed by atoms with E-state index in [1.165, 1.54) is 6.92 Å². The van der Waals surface area contributed by atoms with Gasteiger partial charge in [0.15, 0.2) is 5.60 Å². The number of rotatable bonds is 6. The van der Waals surface area contributed by atoms with E-state index in [1.54, 1.807) is 30.3 Å². The molecule has 1 aromatic rings. The van der Waals surface area contributed by atoms with Crippen molar-refractivity contribution >= 4 is 17.7 Å². The lowest BCUT2D eigenvalue weighted by Crippen LogP contribution is -2.70. The normalized spacial score (nSPS) is 30.1. The zero-order valence-electron chi connectivity index (χ0n) is 18.8. The molecule has 182 valence electrons. The molecule has 0 radical (unpaired) electrons. The van der Waals surface area contributed by atoms with Gasteiger partial charge in [0.25, 0.3) is 11.8 Å². The predicted molar refractivity (Wildman–Crippen MR) is 116 cm³/mol. The highest BCUT2D eigenvalue weighted by molar-refractivity contribution is 5.93. The highest BCUT2D eigenvalue weighted by Gasteiger charge is 2.62. The molecule has 4 aliphatic rings. The molecular formula is C24H28F2N4O4. The standard InChI is InChI=1S/C24H28F2N4O4/c1-23(34,15-5-3-2-4-6-15)22(33)30-17-7-8-18(24(25,26)12-17)19(30)21(32)29-16(13-27)11-14-9-10-28-20(14)31/h2-6,14,16-19,34H,7-12H2,1H3,(H,28,31)(H,29,32)/t14-,16+,17+,18+,19+,23+/m0/s1. The number of hydrogen-bond donors (Lipinski definition) is 3. The molecule has 0 unspecified atom stereocenters. The summed E-state index contributed by atoms with van der Waals surface area (Å²) >= 11 is 0. The monoisotopic (exact) mass is 474 g/mol. The minimum Gasteiger partial charge on any atom is -0.376 e. The Morgan fingerprint density at radius 1 is 1.32 bits per heavy atom. The first kappa shape index (κ1) is 24.1. The second kappa shape index (κ2) is 8.95. The van der Waals surface area contributed by atoms with Gasteiger partial charge in [-0.05, 0) is 38.2 Å². The first-order valence-electron chi connectivity index (χ1n) is 11.5. The van der Waals surface area contributed by atoms with Crippen LogP contribution in [0.25, 0.3) is 0 Å². The Hall–Kier alpha value is -3.06. The molecule has 3 saturated heterocycles. The zero-order chi connectivity index (χ0) is 24.7. The fourth-order valence-corrected chi connectivity index (χ4v) is 5.49. The number of hydrogen-bond acceptors (Lipinski definition) is 5. The summed E-state index contributed by atoms with van der Waals surface area (Å²) in [6.07, 6.45) is 0.340. The molecule has 34 heavy (non-hydrogen) atoms. The van der Waals surface area contributed by atoms with E-state index in [2.05, 4.69) is 10.6 Å². The van der Waals surface area contributed by atoms with E-state index in [0.29, 0.717) is 19.4 Å². The van der Waals surface area contributed by atoms with Crippen LogP contribution in [0.5, 0.6) is 0 Å². The minimum atomic E-state index is -3.16. The third kappa shape index (κ3) is 4.25. The van der Waals surface area contributed by atoms with Gasteiger partial charge in [0, 0.05) is 24.9 Å². The number of benzene rings is 1. The van der Waals surface area contributed by atoms with Crippen molar-refractivity contribution in [2.24, 2.45) is 11.8 Å². The Labute approximate surface area is 196 Å². The molecule has 1 saturated carbocycles. The quantitative estimate of drug-likeness (QED) is 0.576. The summed E-state index contributed by atoms with van der Waals surface area (Å²) in [5.74, 6) is -6.95. The summed E-state index contributed by atoms with van der Waals surface area (Å²) in [4.78, 5) is 39.8. The molecule has 4 fully saturated rings. The highest BCUT2D eigenvalue weighted by Crippen LogP contribution is 2.50. The van der Waals surface area contributed by atoms with Gasteiger partial charge in [-0.15, -0.1) is 0 Å². The number of nitriles is 1. The van der Waals surface area contributed by atoms with Crippen molar-refractivity contribution in [1.82, 2.24) is 15.5 Å². The number of nitrogens with one attached hydrogen (secondary N) is 2. The lowest BCUT2D eigenvalue weighted by atomic mass is 9.70. The molecule has 3 heterocycles.